The van der Waals surface area contributed by atoms with Crippen molar-refractivity contribution in [3.63, 3.8) is 0 Å². The van der Waals surface area contributed by atoms with Crippen molar-refractivity contribution in [2.75, 3.05) is 0 Å². The predicted molar refractivity (Wildman–Crippen MR) is 68.9 cm³/mol. The SMILES string of the molecule is CC(C)(C)C(N)CCc1cccc(OC(F)(F)F)c1. The zero-order valence-electron chi connectivity index (χ0n) is 11.4. The van der Waals surface area contributed by atoms with Crippen molar-refractivity contribution in [2.45, 2.75) is 46.0 Å². The van der Waals surface area contributed by atoms with Crippen molar-refractivity contribution in [3.05, 3.63) is 29.8 Å². The van der Waals surface area contributed by atoms with Gasteiger partial charge in [0.05, 0.1) is 0 Å². The molecule has 0 aliphatic carbocycles. The first kappa shape index (κ1) is 15.8. The van der Waals surface area contributed by atoms with Crippen molar-refractivity contribution < 1.29 is 17.9 Å². The lowest BCUT2D eigenvalue weighted by Gasteiger charge is -2.27. The third-order valence-electron chi connectivity index (χ3n) is 2.99. The normalized spacial score (nSPS) is 14.3. The van der Waals surface area contributed by atoms with E-state index in [0.717, 1.165) is 12.0 Å². The first-order valence-corrected chi connectivity index (χ1v) is 6.18. The van der Waals surface area contributed by atoms with Crippen molar-refractivity contribution in [2.24, 2.45) is 11.1 Å². The van der Waals surface area contributed by atoms with Crippen LogP contribution in [-0.2, 0) is 6.42 Å². The Hall–Kier alpha value is -1.23. The monoisotopic (exact) mass is 275 g/mol. The molecule has 0 amide bonds. The molecule has 0 fully saturated rings. The highest BCUT2D eigenvalue weighted by Crippen LogP contribution is 2.25. The molecule has 1 rings (SSSR count). The average molecular weight is 275 g/mol. The third kappa shape index (κ3) is 5.96. The van der Waals surface area contributed by atoms with Gasteiger partial charge in [0.1, 0.15) is 5.75 Å². The highest BCUT2D eigenvalue weighted by molar-refractivity contribution is 5.28. The Labute approximate surface area is 111 Å². The molecule has 1 aromatic rings. The minimum Gasteiger partial charge on any atom is -0.406 e. The number of rotatable bonds is 4. The number of alkyl halides is 3. The number of benzene rings is 1. The smallest absolute Gasteiger partial charge is 0.406 e. The van der Waals surface area contributed by atoms with Gasteiger partial charge in [0.25, 0.3) is 0 Å². The van der Waals surface area contributed by atoms with E-state index in [2.05, 4.69) is 4.74 Å². The van der Waals surface area contributed by atoms with Crippen molar-refractivity contribution in [1.29, 1.82) is 0 Å². The fourth-order valence-electron chi connectivity index (χ4n) is 1.65. The van der Waals surface area contributed by atoms with E-state index >= 15 is 0 Å². The van der Waals surface area contributed by atoms with Crippen LogP contribution in [0.4, 0.5) is 13.2 Å². The highest BCUT2D eigenvalue weighted by Gasteiger charge is 2.31. The molecule has 0 spiro atoms. The Morgan fingerprint density at radius 3 is 2.37 bits per heavy atom. The number of hydrogen-bond acceptors (Lipinski definition) is 2. The van der Waals surface area contributed by atoms with Gasteiger partial charge in [-0.05, 0) is 36.0 Å². The lowest BCUT2D eigenvalue weighted by Crippen LogP contribution is -2.35. The first-order valence-electron chi connectivity index (χ1n) is 6.18. The second-order valence-corrected chi connectivity index (χ2v) is 5.71. The Balaban J connectivity index is 2.63. The molecular weight excluding hydrogens is 255 g/mol. The molecule has 0 aliphatic heterocycles. The van der Waals surface area contributed by atoms with Crippen LogP contribution in [0.15, 0.2) is 24.3 Å². The molecule has 2 N–H and O–H groups in total. The highest BCUT2D eigenvalue weighted by atomic mass is 19.4. The van der Waals surface area contributed by atoms with Crippen LogP contribution in [0.1, 0.15) is 32.8 Å². The van der Waals surface area contributed by atoms with E-state index < -0.39 is 6.36 Å². The largest absolute Gasteiger partial charge is 0.573 e. The molecule has 1 aromatic carbocycles. The molecule has 5 heteroatoms. The Kier molecular flexibility index (Phi) is 4.85. The molecule has 0 saturated carbocycles. The van der Waals surface area contributed by atoms with E-state index in [-0.39, 0.29) is 17.2 Å². The summed E-state index contributed by atoms with van der Waals surface area (Å²) < 4.78 is 40.2. The molecule has 19 heavy (non-hydrogen) atoms. The van der Waals surface area contributed by atoms with Gasteiger partial charge in [-0.1, -0.05) is 32.9 Å². The summed E-state index contributed by atoms with van der Waals surface area (Å²) in [4.78, 5) is 0. The Morgan fingerprint density at radius 2 is 1.84 bits per heavy atom. The topological polar surface area (TPSA) is 35.2 Å². The zero-order chi connectivity index (χ0) is 14.7. The second kappa shape index (κ2) is 5.82. The number of ether oxygens (including phenoxy) is 1. The molecular formula is C14H20F3NO. The van der Waals surface area contributed by atoms with E-state index in [1.54, 1.807) is 12.1 Å². The maximum atomic E-state index is 12.1. The molecule has 0 heterocycles. The summed E-state index contributed by atoms with van der Waals surface area (Å²) in [5.74, 6) is -0.186. The van der Waals surface area contributed by atoms with Crippen LogP contribution in [0.2, 0.25) is 0 Å². The number of aryl methyl sites for hydroxylation is 1. The fourth-order valence-corrected chi connectivity index (χ4v) is 1.65. The molecule has 0 aromatic heterocycles. The van der Waals surface area contributed by atoms with Crippen LogP contribution >= 0.6 is 0 Å². The van der Waals surface area contributed by atoms with Gasteiger partial charge in [0, 0.05) is 6.04 Å². The molecule has 108 valence electrons. The van der Waals surface area contributed by atoms with E-state index in [4.69, 9.17) is 5.73 Å². The van der Waals surface area contributed by atoms with Crippen LogP contribution in [0.25, 0.3) is 0 Å². The maximum Gasteiger partial charge on any atom is 0.573 e. The van der Waals surface area contributed by atoms with Gasteiger partial charge in [-0.25, -0.2) is 0 Å². The zero-order valence-corrected chi connectivity index (χ0v) is 11.4. The molecule has 1 unspecified atom stereocenters. The molecule has 0 radical (unpaired) electrons. The van der Waals surface area contributed by atoms with Crippen LogP contribution in [-0.4, -0.2) is 12.4 Å². The Morgan fingerprint density at radius 1 is 1.21 bits per heavy atom. The maximum absolute atomic E-state index is 12.1. The molecule has 2 nitrogen and oxygen atoms in total. The minimum atomic E-state index is -4.65. The van der Waals surface area contributed by atoms with Crippen molar-refractivity contribution in [3.8, 4) is 5.75 Å². The predicted octanol–water partition coefficient (Wildman–Crippen LogP) is 3.89. The Bertz CT molecular complexity index is 410. The molecule has 0 aliphatic rings. The van der Waals surface area contributed by atoms with Gasteiger partial charge < -0.3 is 10.5 Å². The van der Waals surface area contributed by atoms with Crippen LogP contribution in [0.3, 0.4) is 0 Å². The van der Waals surface area contributed by atoms with E-state index in [1.807, 2.05) is 20.8 Å². The second-order valence-electron chi connectivity index (χ2n) is 5.71. The van der Waals surface area contributed by atoms with Crippen molar-refractivity contribution in [1.82, 2.24) is 0 Å². The standard InChI is InChI=1S/C14H20F3NO/c1-13(2,3)12(18)8-7-10-5-4-6-11(9-10)19-14(15,16)17/h4-6,9,12H,7-8,18H2,1-3H3. The van der Waals surface area contributed by atoms with E-state index in [1.165, 1.54) is 12.1 Å². The number of hydrogen-bond donors (Lipinski definition) is 1. The van der Waals surface area contributed by atoms with Crippen LogP contribution < -0.4 is 10.5 Å². The molecule has 0 saturated heterocycles. The summed E-state index contributed by atoms with van der Waals surface area (Å²) >= 11 is 0. The summed E-state index contributed by atoms with van der Waals surface area (Å²) in [7, 11) is 0. The molecule has 1 atom stereocenters. The van der Waals surface area contributed by atoms with Crippen LogP contribution in [0, 0.1) is 5.41 Å². The van der Waals surface area contributed by atoms with Gasteiger partial charge in [-0.15, -0.1) is 13.2 Å². The summed E-state index contributed by atoms with van der Waals surface area (Å²) in [5, 5.41) is 0. The molecule has 0 bridgehead atoms. The van der Waals surface area contributed by atoms with Crippen LogP contribution in [0.5, 0.6) is 5.75 Å². The van der Waals surface area contributed by atoms with Gasteiger partial charge in [0.15, 0.2) is 0 Å². The van der Waals surface area contributed by atoms with Gasteiger partial charge in [0.2, 0.25) is 0 Å². The summed E-state index contributed by atoms with van der Waals surface area (Å²) in [6.45, 7) is 6.13. The third-order valence-corrected chi connectivity index (χ3v) is 2.99. The van der Waals surface area contributed by atoms with E-state index in [0.29, 0.717) is 6.42 Å². The quantitative estimate of drug-likeness (QED) is 0.904. The minimum absolute atomic E-state index is 0.000286. The van der Waals surface area contributed by atoms with Crippen molar-refractivity contribution >= 4 is 0 Å². The van der Waals surface area contributed by atoms with Gasteiger partial charge in [-0.2, -0.15) is 0 Å². The summed E-state index contributed by atoms with van der Waals surface area (Å²) in [6, 6.07) is 6.03. The average Bonchev–Trinajstić information content (AvgIpc) is 2.22. The van der Waals surface area contributed by atoms with E-state index in [9.17, 15) is 13.2 Å². The summed E-state index contributed by atoms with van der Waals surface area (Å²) in [5.41, 5.74) is 6.81. The lowest BCUT2D eigenvalue weighted by atomic mass is 9.84. The number of halogens is 3. The van der Waals surface area contributed by atoms with Gasteiger partial charge >= 0.3 is 6.36 Å². The summed E-state index contributed by atoms with van der Waals surface area (Å²) in [6.07, 6.45) is -3.30. The number of nitrogens with two attached hydrogens (primary N) is 1. The van der Waals surface area contributed by atoms with Gasteiger partial charge in [-0.3, -0.25) is 0 Å². The fraction of sp³-hybridized carbons (Fsp3) is 0.571. The first-order chi connectivity index (χ1) is 8.58. The lowest BCUT2D eigenvalue weighted by molar-refractivity contribution is -0.274.